The van der Waals surface area contributed by atoms with Crippen LogP contribution in [0.15, 0.2) is 24.4 Å². The molecule has 23 heavy (non-hydrogen) atoms. The van der Waals surface area contributed by atoms with Crippen molar-refractivity contribution in [1.82, 2.24) is 20.3 Å². The van der Waals surface area contributed by atoms with Gasteiger partial charge in [0.25, 0.3) is 5.95 Å². The number of halogens is 1. The van der Waals surface area contributed by atoms with Gasteiger partial charge in [0.05, 0.1) is 12.8 Å². The lowest BCUT2D eigenvalue weighted by Crippen LogP contribution is -2.44. The van der Waals surface area contributed by atoms with Crippen LogP contribution in [0.2, 0.25) is 0 Å². The summed E-state index contributed by atoms with van der Waals surface area (Å²) in [6, 6.07) is 4.82. The maximum Gasteiger partial charge on any atom is 0.255 e. The normalized spacial score (nSPS) is 14.6. The fraction of sp³-hybridized carbons (Fsp3) is 0.400. The first kappa shape index (κ1) is 15.4. The summed E-state index contributed by atoms with van der Waals surface area (Å²) in [5.74, 6) is 0.500. The van der Waals surface area contributed by atoms with Crippen LogP contribution in [0.5, 0.6) is 11.6 Å². The van der Waals surface area contributed by atoms with Gasteiger partial charge in [0.15, 0.2) is 5.75 Å². The lowest BCUT2D eigenvalue weighted by Gasteiger charge is -2.27. The molecular weight excluding hydrogens is 301 g/mol. The summed E-state index contributed by atoms with van der Waals surface area (Å²) in [7, 11) is 1.55. The van der Waals surface area contributed by atoms with E-state index in [9.17, 15) is 4.39 Å². The fourth-order valence-electron chi connectivity index (χ4n) is 2.27. The maximum absolute atomic E-state index is 13.5. The zero-order chi connectivity index (χ0) is 16.1. The summed E-state index contributed by atoms with van der Waals surface area (Å²) in [6.07, 6.45) is 1.37. The van der Waals surface area contributed by atoms with Crippen molar-refractivity contribution in [2.45, 2.75) is 6.61 Å². The van der Waals surface area contributed by atoms with Gasteiger partial charge in [0.1, 0.15) is 6.61 Å². The van der Waals surface area contributed by atoms with E-state index in [0.717, 1.165) is 26.2 Å². The van der Waals surface area contributed by atoms with Gasteiger partial charge in [-0.05, 0) is 12.1 Å². The summed E-state index contributed by atoms with van der Waals surface area (Å²) in [4.78, 5) is 14.5. The molecule has 8 heteroatoms. The van der Waals surface area contributed by atoms with E-state index < -0.39 is 5.95 Å². The Morgan fingerprint density at radius 2 is 2.13 bits per heavy atom. The SMILES string of the molecule is COc1cc(COc2cccnc2F)nc(N2CCNCC2)n1. The summed E-state index contributed by atoms with van der Waals surface area (Å²) in [5, 5.41) is 3.28. The van der Waals surface area contributed by atoms with E-state index in [2.05, 4.69) is 25.2 Å². The zero-order valence-electron chi connectivity index (χ0n) is 12.8. The van der Waals surface area contributed by atoms with Crippen LogP contribution >= 0.6 is 0 Å². The molecule has 2 aromatic rings. The Bertz CT molecular complexity index is 664. The number of methoxy groups -OCH3 is 1. The monoisotopic (exact) mass is 319 g/mol. The summed E-state index contributed by atoms with van der Waals surface area (Å²) < 4.78 is 24.2. The average molecular weight is 319 g/mol. The highest BCUT2D eigenvalue weighted by Crippen LogP contribution is 2.19. The van der Waals surface area contributed by atoms with Gasteiger partial charge in [0, 0.05) is 38.4 Å². The number of nitrogens with zero attached hydrogens (tertiary/aromatic N) is 4. The topological polar surface area (TPSA) is 72.4 Å². The standard InChI is InChI=1S/C15H18FN5O2/c1-22-13-9-11(10-23-12-3-2-4-18-14(12)16)19-15(20-13)21-7-5-17-6-8-21/h2-4,9,17H,5-8,10H2,1H3. The van der Waals surface area contributed by atoms with Crippen molar-refractivity contribution in [2.24, 2.45) is 0 Å². The Labute approximate surface area is 133 Å². The Kier molecular flexibility index (Phi) is 4.82. The largest absolute Gasteiger partial charge is 0.482 e. The molecular formula is C15H18FN5O2. The summed E-state index contributed by atoms with van der Waals surface area (Å²) in [5.41, 5.74) is 0.619. The van der Waals surface area contributed by atoms with Crippen molar-refractivity contribution in [1.29, 1.82) is 0 Å². The van der Waals surface area contributed by atoms with Crippen LogP contribution in [0.1, 0.15) is 5.69 Å². The highest BCUT2D eigenvalue weighted by Gasteiger charge is 2.16. The van der Waals surface area contributed by atoms with Crippen molar-refractivity contribution < 1.29 is 13.9 Å². The maximum atomic E-state index is 13.5. The number of nitrogens with one attached hydrogen (secondary N) is 1. The predicted molar refractivity (Wildman–Crippen MR) is 82.2 cm³/mol. The van der Waals surface area contributed by atoms with Crippen molar-refractivity contribution in [3.05, 3.63) is 36.0 Å². The van der Waals surface area contributed by atoms with Crippen molar-refractivity contribution in [3.63, 3.8) is 0 Å². The van der Waals surface area contributed by atoms with Gasteiger partial charge >= 0.3 is 0 Å². The van der Waals surface area contributed by atoms with Gasteiger partial charge in [-0.15, -0.1) is 0 Å². The molecule has 0 aliphatic carbocycles. The van der Waals surface area contributed by atoms with Gasteiger partial charge in [-0.3, -0.25) is 0 Å². The molecule has 1 N–H and O–H groups in total. The lowest BCUT2D eigenvalue weighted by atomic mass is 10.3. The molecule has 0 unspecified atom stereocenters. The van der Waals surface area contributed by atoms with E-state index in [1.165, 1.54) is 12.3 Å². The van der Waals surface area contributed by atoms with Crippen LogP contribution in [0.3, 0.4) is 0 Å². The average Bonchev–Trinajstić information content (AvgIpc) is 2.61. The molecule has 0 radical (unpaired) electrons. The van der Waals surface area contributed by atoms with Crippen molar-refractivity contribution in [2.75, 3.05) is 38.2 Å². The molecule has 0 amide bonds. The number of hydrogen-bond acceptors (Lipinski definition) is 7. The van der Waals surface area contributed by atoms with Gasteiger partial charge < -0.3 is 19.7 Å². The fourth-order valence-corrected chi connectivity index (χ4v) is 2.27. The Hall–Kier alpha value is -2.48. The second-order valence-corrected chi connectivity index (χ2v) is 5.02. The highest BCUT2D eigenvalue weighted by molar-refractivity contribution is 5.35. The van der Waals surface area contributed by atoms with Gasteiger partial charge in [0.2, 0.25) is 11.8 Å². The van der Waals surface area contributed by atoms with E-state index in [1.54, 1.807) is 19.2 Å². The van der Waals surface area contributed by atoms with Gasteiger partial charge in [-0.25, -0.2) is 9.97 Å². The van der Waals surface area contributed by atoms with Crippen molar-refractivity contribution in [3.8, 4) is 11.6 Å². The first-order chi connectivity index (χ1) is 11.3. The molecule has 0 saturated carbocycles. The minimum atomic E-state index is -0.643. The van der Waals surface area contributed by atoms with Crippen LogP contribution < -0.4 is 19.7 Å². The zero-order valence-corrected chi connectivity index (χ0v) is 12.8. The number of hydrogen-bond donors (Lipinski definition) is 1. The summed E-state index contributed by atoms with van der Waals surface area (Å²) in [6.45, 7) is 3.52. The number of piperazine rings is 1. The molecule has 122 valence electrons. The molecule has 0 bridgehead atoms. The minimum Gasteiger partial charge on any atom is -0.482 e. The number of ether oxygens (including phenoxy) is 2. The molecule has 0 atom stereocenters. The molecule has 1 aliphatic heterocycles. The number of aromatic nitrogens is 3. The molecule has 3 heterocycles. The summed E-state index contributed by atoms with van der Waals surface area (Å²) >= 11 is 0. The number of anilines is 1. The second-order valence-electron chi connectivity index (χ2n) is 5.02. The van der Waals surface area contributed by atoms with Gasteiger partial charge in [-0.2, -0.15) is 9.37 Å². The van der Waals surface area contributed by atoms with E-state index in [1.807, 2.05) is 0 Å². The van der Waals surface area contributed by atoms with E-state index in [4.69, 9.17) is 9.47 Å². The first-order valence-electron chi connectivity index (χ1n) is 7.37. The highest BCUT2D eigenvalue weighted by atomic mass is 19.1. The number of rotatable bonds is 5. The molecule has 1 aliphatic rings. The molecule has 2 aromatic heterocycles. The smallest absolute Gasteiger partial charge is 0.255 e. The first-order valence-corrected chi connectivity index (χ1v) is 7.37. The Balaban J connectivity index is 1.77. The molecule has 0 spiro atoms. The van der Waals surface area contributed by atoms with E-state index in [-0.39, 0.29) is 12.4 Å². The third-order valence-electron chi connectivity index (χ3n) is 3.45. The molecule has 1 saturated heterocycles. The molecule has 0 aromatic carbocycles. The van der Waals surface area contributed by atoms with Crippen LogP contribution in [0, 0.1) is 5.95 Å². The van der Waals surface area contributed by atoms with E-state index in [0.29, 0.717) is 17.5 Å². The second kappa shape index (κ2) is 7.19. The van der Waals surface area contributed by atoms with Crippen LogP contribution in [0.25, 0.3) is 0 Å². The third kappa shape index (κ3) is 3.84. The Morgan fingerprint density at radius 3 is 2.87 bits per heavy atom. The van der Waals surface area contributed by atoms with Gasteiger partial charge in [-0.1, -0.05) is 0 Å². The van der Waals surface area contributed by atoms with Crippen LogP contribution in [0.4, 0.5) is 10.3 Å². The Morgan fingerprint density at radius 1 is 1.30 bits per heavy atom. The molecule has 1 fully saturated rings. The van der Waals surface area contributed by atoms with E-state index >= 15 is 0 Å². The number of pyridine rings is 1. The van der Waals surface area contributed by atoms with Crippen LogP contribution in [-0.2, 0) is 6.61 Å². The predicted octanol–water partition coefficient (Wildman–Crippen LogP) is 1.01. The van der Waals surface area contributed by atoms with Crippen LogP contribution in [-0.4, -0.2) is 48.2 Å². The molecule has 7 nitrogen and oxygen atoms in total. The lowest BCUT2D eigenvalue weighted by molar-refractivity contribution is 0.280. The molecule has 3 rings (SSSR count). The quantitative estimate of drug-likeness (QED) is 0.825. The van der Waals surface area contributed by atoms with Crippen molar-refractivity contribution >= 4 is 5.95 Å². The minimum absolute atomic E-state index is 0.0915. The third-order valence-corrected chi connectivity index (χ3v) is 3.45.